The first-order valence-electron chi connectivity index (χ1n) is 6.80. The van der Waals surface area contributed by atoms with Crippen molar-refractivity contribution in [3.63, 3.8) is 0 Å². The average molecular weight is 264 g/mol. The largest absolute Gasteiger partial charge is 0.390 e. The van der Waals surface area contributed by atoms with Crippen LogP contribution in [0.3, 0.4) is 0 Å². The van der Waals surface area contributed by atoms with E-state index in [2.05, 4.69) is 19.2 Å². The number of nitrogens with two attached hydrogens (primary N) is 1. The van der Waals surface area contributed by atoms with Gasteiger partial charge in [0.15, 0.2) is 0 Å². The molecule has 1 saturated carbocycles. The molecule has 1 amide bonds. The monoisotopic (exact) mass is 264 g/mol. The zero-order chi connectivity index (χ0) is 12.9. The third-order valence-electron chi connectivity index (χ3n) is 4.11. The summed E-state index contributed by atoms with van der Waals surface area (Å²) in [5.41, 5.74) is 8.11. The van der Waals surface area contributed by atoms with E-state index in [0.29, 0.717) is 22.9 Å². The van der Waals surface area contributed by atoms with Crippen LogP contribution in [0.15, 0.2) is 0 Å². The number of nitrogens with one attached hydrogen (secondary N) is 1. The normalized spacial score (nSPS) is 26.8. The van der Waals surface area contributed by atoms with Crippen LogP contribution in [0.1, 0.15) is 72.2 Å². The minimum absolute atomic E-state index is 0.0495. The minimum atomic E-state index is 0.0495. The summed E-state index contributed by atoms with van der Waals surface area (Å²) < 4.78 is 0. The van der Waals surface area contributed by atoms with Crippen LogP contribution < -0.4 is 11.1 Å². The van der Waals surface area contributed by atoms with Gasteiger partial charge in [0, 0.05) is 10.9 Å². The van der Waals surface area contributed by atoms with Gasteiger partial charge in [-0.3, -0.25) is 4.79 Å². The van der Waals surface area contributed by atoms with Crippen LogP contribution in [-0.4, -0.2) is 11.9 Å². The lowest BCUT2D eigenvalue weighted by molar-refractivity contribution is 0.0950. The van der Waals surface area contributed by atoms with Crippen molar-refractivity contribution in [2.24, 2.45) is 0 Å². The summed E-state index contributed by atoms with van der Waals surface area (Å²) in [7, 11) is 0. The molecule has 18 heavy (non-hydrogen) atoms. The van der Waals surface area contributed by atoms with Gasteiger partial charge in [0.2, 0.25) is 0 Å². The van der Waals surface area contributed by atoms with Crippen molar-refractivity contribution in [3.8, 4) is 0 Å². The first-order valence-corrected chi connectivity index (χ1v) is 7.62. The average Bonchev–Trinajstić information content (AvgIpc) is 3.04. The van der Waals surface area contributed by atoms with Crippen molar-refractivity contribution < 1.29 is 4.79 Å². The predicted octanol–water partition coefficient (Wildman–Crippen LogP) is 3.22. The second-order valence-electron chi connectivity index (χ2n) is 5.75. The maximum absolute atomic E-state index is 12.3. The predicted molar refractivity (Wildman–Crippen MR) is 75.3 cm³/mol. The molecular weight excluding hydrogens is 244 g/mol. The molecule has 0 aliphatic heterocycles. The van der Waals surface area contributed by atoms with E-state index in [1.165, 1.54) is 16.9 Å². The Balaban J connectivity index is 2.00. The van der Waals surface area contributed by atoms with Gasteiger partial charge in [-0.2, -0.15) is 0 Å². The molecule has 3 nitrogen and oxygen atoms in total. The molecule has 0 bridgehead atoms. The Hall–Kier alpha value is -1.03. The molecule has 2 unspecified atom stereocenters. The van der Waals surface area contributed by atoms with Crippen molar-refractivity contribution in [3.05, 3.63) is 16.0 Å². The summed E-state index contributed by atoms with van der Waals surface area (Å²) in [6.07, 6.45) is 4.60. The fraction of sp³-hybridized carbons (Fsp3) is 0.643. The minimum Gasteiger partial charge on any atom is -0.390 e. The summed E-state index contributed by atoms with van der Waals surface area (Å²) in [5.74, 6) is 1.06. The molecule has 0 aromatic carbocycles. The number of fused-ring (bicyclic) bond motifs is 1. The number of hydrogen-bond donors (Lipinski definition) is 2. The standard InChI is InChI=1S/C14H20N2OS/c1-7-3-4-8(2)12-10(7)11(13(15)18-12)14(17)16-9-5-6-9/h7-9H,3-6,15H2,1-2H3,(H,16,17). The smallest absolute Gasteiger partial charge is 0.254 e. The van der Waals surface area contributed by atoms with Gasteiger partial charge in [-0.15, -0.1) is 11.3 Å². The molecule has 0 saturated heterocycles. The summed E-state index contributed by atoms with van der Waals surface area (Å²) in [5, 5.41) is 3.78. The van der Waals surface area contributed by atoms with Crippen LogP contribution in [0, 0.1) is 0 Å². The molecule has 2 aliphatic carbocycles. The van der Waals surface area contributed by atoms with Crippen LogP contribution in [0.4, 0.5) is 5.00 Å². The highest BCUT2D eigenvalue weighted by atomic mass is 32.1. The number of rotatable bonds is 2. The van der Waals surface area contributed by atoms with Crippen LogP contribution in [0.25, 0.3) is 0 Å². The van der Waals surface area contributed by atoms with Crippen molar-refractivity contribution in [1.29, 1.82) is 0 Å². The maximum atomic E-state index is 12.3. The third kappa shape index (κ3) is 1.92. The Morgan fingerprint density at radius 1 is 1.22 bits per heavy atom. The van der Waals surface area contributed by atoms with E-state index in [4.69, 9.17) is 5.73 Å². The zero-order valence-corrected chi connectivity index (χ0v) is 11.8. The molecule has 3 N–H and O–H groups in total. The topological polar surface area (TPSA) is 55.1 Å². The molecule has 1 aromatic rings. The third-order valence-corrected chi connectivity index (χ3v) is 5.38. The Morgan fingerprint density at radius 2 is 1.89 bits per heavy atom. The molecular formula is C14H20N2OS. The Bertz CT molecular complexity index is 490. The lowest BCUT2D eigenvalue weighted by Gasteiger charge is -2.24. The van der Waals surface area contributed by atoms with E-state index in [-0.39, 0.29) is 5.91 Å². The SMILES string of the molecule is CC1CCC(C)c2c1sc(N)c2C(=O)NC1CC1. The lowest BCUT2D eigenvalue weighted by Crippen LogP contribution is -2.27. The Labute approximate surface area is 112 Å². The van der Waals surface area contributed by atoms with E-state index in [1.807, 2.05) is 0 Å². The van der Waals surface area contributed by atoms with Gasteiger partial charge in [-0.05, 0) is 43.1 Å². The number of hydrogen-bond acceptors (Lipinski definition) is 3. The molecule has 4 heteroatoms. The summed E-state index contributed by atoms with van der Waals surface area (Å²) in [6.45, 7) is 4.45. The van der Waals surface area contributed by atoms with Gasteiger partial charge < -0.3 is 11.1 Å². The quantitative estimate of drug-likeness (QED) is 0.861. The van der Waals surface area contributed by atoms with E-state index in [1.54, 1.807) is 11.3 Å². The van der Waals surface area contributed by atoms with Gasteiger partial charge in [-0.1, -0.05) is 13.8 Å². The van der Waals surface area contributed by atoms with Crippen LogP contribution >= 0.6 is 11.3 Å². The Morgan fingerprint density at radius 3 is 2.56 bits per heavy atom. The van der Waals surface area contributed by atoms with Gasteiger partial charge in [0.05, 0.1) is 10.6 Å². The molecule has 0 radical (unpaired) electrons. The van der Waals surface area contributed by atoms with E-state index in [9.17, 15) is 4.79 Å². The number of carbonyl (C=O) groups excluding carboxylic acids is 1. The first-order chi connectivity index (χ1) is 8.58. The molecule has 2 atom stereocenters. The van der Waals surface area contributed by atoms with Crippen LogP contribution in [-0.2, 0) is 0 Å². The molecule has 1 heterocycles. The maximum Gasteiger partial charge on any atom is 0.254 e. The molecule has 1 fully saturated rings. The number of nitrogen functional groups attached to an aromatic ring is 1. The first kappa shape index (κ1) is 12.0. The molecule has 1 aromatic heterocycles. The van der Waals surface area contributed by atoms with Crippen LogP contribution in [0.5, 0.6) is 0 Å². The van der Waals surface area contributed by atoms with Crippen molar-refractivity contribution in [2.75, 3.05) is 5.73 Å². The van der Waals surface area contributed by atoms with E-state index >= 15 is 0 Å². The summed E-state index contributed by atoms with van der Waals surface area (Å²) >= 11 is 1.62. The molecule has 0 spiro atoms. The van der Waals surface area contributed by atoms with E-state index in [0.717, 1.165) is 24.8 Å². The number of thiophene rings is 1. The second kappa shape index (κ2) is 4.26. The molecule has 98 valence electrons. The lowest BCUT2D eigenvalue weighted by atomic mass is 9.81. The fourth-order valence-corrected chi connectivity index (χ4v) is 4.10. The summed E-state index contributed by atoms with van der Waals surface area (Å²) in [4.78, 5) is 13.7. The second-order valence-corrected chi connectivity index (χ2v) is 6.83. The van der Waals surface area contributed by atoms with E-state index < -0.39 is 0 Å². The van der Waals surface area contributed by atoms with Crippen molar-refractivity contribution in [1.82, 2.24) is 5.32 Å². The highest BCUT2D eigenvalue weighted by molar-refractivity contribution is 7.16. The van der Waals surface area contributed by atoms with Gasteiger partial charge in [-0.25, -0.2) is 0 Å². The number of anilines is 1. The van der Waals surface area contributed by atoms with Gasteiger partial charge in [0.25, 0.3) is 5.91 Å². The summed E-state index contributed by atoms with van der Waals surface area (Å²) in [6, 6.07) is 0.392. The fourth-order valence-electron chi connectivity index (χ4n) is 2.83. The molecule has 2 aliphatic rings. The zero-order valence-electron chi connectivity index (χ0n) is 11.0. The highest BCUT2D eigenvalue weighted by Crippen LogP contribution is 2.47. The highest BCUT2D eigenvalue weighted by Gasteiger charge is 2.33. The molecule has 3 rings (SSSR count). The van der Waals surface area contributed by atoms with Crippen molar-refractivity contribution in [2.45, 2.75) is 57.4 Å². The van der Waals surface area contributed by atoms with Crippen molar-refractivity contribution >= 4 is 22.2 Å². The van der Waals surface area contributed by atoms with Gasteiger partial charge >= 0.3 is 0 Å². The number of amides is 1. The van der Waals surface area contributed by atoms with Gasteiger partial charge in [0.1, 0.15) is 0 Å². The van der Waals surface area contributed by atoms with Crippen LogP contribution in [0.2, 0.25) is 0 Å². The Kier molecular flexibility index (Phi) is 2.85. The number of carbonyl (C=O) groups is 1.